The summed E-state index contributed by atoms with van der Waals surface area (Å²) in [4.78, 5) is 22.0. The molecule has 0 bridgehead atoms. The second-order valence-electron chi connectivity index (χ2n) is 3.59. The highest BCUT2D eigenvalue weighted by molar-refractivity contribution is 5.96. The smallest absolute Gasteiger partial charge is 0.337 e. The molecule has 0 aromatic heterocycles. The van der Waals surface area contributed by atoms with Gasteiger partial charge in [-0.15, -0.1) is 0 Å². The van der Waals surface area contributed by atoms with Crippen LogP contribution in [-0.2, 0) is 4.79 Å². The summed E-state index contributed by atoms with van der Waals surface area (Å²) in [6.45, 7) is 3.44. The molecule has 0 saturated heterocycles. The maximum Gasteiger partial charge on any atom is 0.337 e. The number of Topliss-reactive ketones (excluding diaryl/α,β-unsaturated/α-hetero) is 1. The van der Waals surface area contributed by atoms with Crippen LogP contribution in [0.4, 0.5) is 0 Å². The molecule has 1 aromatic carbocycles. The SMILES string of the molecule is CCC(=O)c1ccc(C(O)C(=O)O)c(C)c1. The van der Waals surface area contributed by atoms with Gasteiger partial charge in [-0.2, -0.15) is 0 Å². The Bertz CT molecular complexity index is 423. The van der Waals surface area contributed by atoms with Crippen molar-refractivity contribution in [3.8, 4) is 0 Å². The third kappa shape index (κ3) is 2.46. The van der Waals surface area contributed by atoms with Crippen LogP contribution in [0, 0.1) is 6.92 Å². The number of aryl methyl sites for hydroxylation is 1. The van der Waals surface area contributed by atoms with Crippen molar-refractivity contribution in [2.24, 2.45) is 0 Å². The fourth-order valence-electron chi connectivity index (χ4n) is 1.49. The van der Waals surface area contributed by atoms with Gasteiger partial charge >= 0.3 is 5.97 Å². The molecule has 1 atom stereocenters. The van der Waals surface area contributed by atoms with Gasteiger partial charge in [0.15, 0.2) is 11.9 Å². The molecule has 1 unspecified atom stereocenters. The van der Waals surface area contributed by atoms with Gasteiger partial charge in [0.25, 0.3) is 0 Å². The number of benzene rings is 1. The number of rotatable bonds is 4. The average Bonchev–Trinajstić information content (AvgIpc) is 2.26. The van der Waals surface area contributed by atoms with Gasteiger partial charge in [-0.05, 0) is 24.1 Å². The maximum absolute atomic E-state index is 11.4. The van der Waals surface area contributed by atoms with E-state index in [-0.39, 0.29) is 5.78 Å². The Kier molecular flexibility index (Phi) is 3.79. The average molecular weight is 222 g/mol. The van der Waals surface area contributed by atoms with Gasteiger partial charge in [-0.25, -0.2) is 4.79 Å². The summed E-state index contributed by atoms with van der Waals surface area (Å²) < 4.78 is 0. The lowest BCUT2D eigenvalue weighted by atomic mass is 9.98. The fourth-order valence-corrected chi connectivity index (χ4v) is 1.49. The zero-order valence-corrected chi connectivity index (χ0v) is 9.23. The van der Waals surface area contributed by atoms with Gasteiger partial charge in [0.05, 0.1) is 0 Å². The zero-order valence-electron chi connectivity index (χ0n) is 9.23. The standard InChI is InChI=1S/C12H14O4/c1-3-10(13)8-4-5-9(7(2)6-8)11(14)12(15)16/h4-6,11,14H,3H2,1-2H3,(H,15,16). The fraction of sp³-hybridized carbons (Fsp3) is 0.333. The van der Waals surface area contributed by atoms with Crippen LogP contribution in [0.15, 0.2) is 18.2 Å². The molecule has 0 heterocycles. The quantitative estimate of drug-likeness (QED) is 0.760. The molecule has 0 aliphatic heterocycles. The Labute approximate surface area is 93.5 Å². The van der Waals surface area contributed by atoms with Gasteiger partial charge in [0.2, 0.25) is 0 Å². The first-order chi connectivity index (χ1) is 7.47. The minimum absolute atomic E-state index is 0.000496. The Morgan fingerprint density at radius 2 is 2.00 bits per heavy atom. The Morgan fingerprint density at radius 3 is 2.44 bits per heavy atom. The van der Waals surface area contributed by atoms with Crippen molar-refractivity contribution in [3.05, 3.63) is 34.9 Å². The molecular weight excluding hydrogens is 208 g/mol. The van der Waals surface area contributed by atoms with Crippen LogP contribution in [0.2, 0.25) is 0 Å². The van der Waals surface area contributed by atoms with E-state index in [2.05, 4.69) is 0 Å². The molecule has 86 valence electrons. The number of ketones is 1. The molecular formula is C12H14O4. The molecule has 2 N–H and O–H groups in total. The van der Waals surface area contributed by atoms with Gasteiger partial charge in [0, 0.05) is 12.0 Å². The van der Waals surface area contributed by atoms with E-state index >= 15 is 0 Å². The number of hydrogen-bond acceptors (Lipinski definition) is 3. The highest BCUT2D eigenvalue weighted by Crippen LogP contribution is 2.19. The minimum atomic E-state index is -1.54. The molecule has 0 radical (unpaired) electrons. The number of carbonyl (C=O) groups is 2. The van der Waals surface area contributed by atoms with Crippen LogP contribution < -0.4 is 0 Å². The second-order valence-corrected chi connectivity index (χ2v) is 3.59. The van der Waals surface area contributed by atoms with Crippen molar-refractivity contribution in [3.63, 3.8) is 0 Å². The number of carbonyl (C=O) groups excluding carboxylic acids is 1. The van der Waals surface area contributed by atoms with Crippen LogP contribution in [0.25, 0.3) is 0 Å². The van der Waals surface area contributed by atoms with Crippen LogP contribution in [-0.4, -0.2) is 22.0 Å². The summed E-state index contributed by atoms with van der Waals surface area (Å²) in [6, 6.07) is 4.63. The Morgan fingerprint density at radius 1 is 1.38 bits per heavy atom. The summed E-state index contributed by atoms with van der Waals surface area (Å²) >= 11 is 0. The van der Waals surface area contributed by atoms with Crippen LogP contribution >= 0.6 is 0 Å². The molecule has 0 aliphatic carbocycles. The highest BCUT2D eigenvalue weighted by atomic mass is 16.4. The predicted octanol–water partition coefficient (Wildman–Crippen LogP) is 1.71. The largest absolute Gasteiger partial charge is 0.479 e. The lowest BCUT2D eigenvalue weighted by Crippen LogP contribution is -2.12. The normalized spacial score (nSPS) is 12.2. The summed E-state index contributed by atoms with van der Waals surface area (Å²) in [5, 5.41) is 18.0. The molecule has 4 nitrogen and oxygen atoms in total. The van der Waals surface area contributed by atoms with Crippen molar-refractivity contribution in [1.29, 1.82) is 0 Å². The van der Waals surface area contributed by atoms with Crippen molar-refractivity contribution in [2.75, 3.05) is 0 Å². The van der Waals surface area contributed by atoms with Crippen molar-refractivity contribution in [1.82, 2.24) is 0 Å². The Hall–Kier alpha value is -1.68. The summed E-state index contributed by atoms with van der Waals surface area (Å²) in [7, 11) is 0. The second kappa shape index (κ2) is 4.90. The molecule has 4 heteroatoms. The number of aliphatic carboxylic acids is 1. The highest BCUT2D eigenvalue weighted by Gasteiger charge is 2.18. The van der Waals surface area contributed by atoms with E-state index in [1.807, 2.05) is 0 Å². The maximum atomic E-state index is 11.4. The van der Waals surface area contributed by atoms with Crippen LogP contribution in [0.3, 0.4) is 0 Å². The van der Waals surface area contributed by atoms with Gasteiger partial charge < -0.3 is 10.2 Å². The zero-order chi connectivity index (χ0) is 12.3. The van der Waals surface area contributed by atoms with E-state index in [0.29, 0.717) is 23.1 Å². The van der Waals surface area contributed by atoms with E-state index in [0.717, 1.165) is 0 Å². The first-order valence-corrected chi connectivity index (χ1v) is 5.02. The van der Waals surface area contributed by atoms with Crippen molar-refractivity contribution < 1.29 is 19.8 Å². The first kappa shape index (κ1) is 12.4. The van der Waals surface area contributed by atoms with Gasteiger partial charge in [-0.1, -0.05) is 19.1 Å². The number of carboxylic acids is 1. The van der Waals surface area contributed by atoms with Crippen molar-refractivity contribution >= 4 is 11.8 Å². The predicted molar refractivity (Wildman–Crippen MR) is 58.4 cm³/mol. The summed E-state index contributed by atoms with van der Waals surface area (Å²) in [5.41, 5.74) is 1.47. The third-order valence-corrected chi connectivity index (χ3v) is 2.44. The number of aliphatic hydroxyl groups excluding tert-OH is 1. The number of aliphatic hydroxyl groups is 1. The number of hydrogen-bond donors (Lipinski definition) is 2. The van der Waals surface area contributed by atoms with Gasteiger partial charge in [0.1, 0.15) is 0 Å². The summed E-state index contributed by atoms with van der Waals surface area (Å²) in [6.07, 6.45) is -1.13. The Balaban J connectivity index is 3.09. The van der Waals surface area contributed by atoms with E-state index < -0.39 is 12.1 Å². The third-order valence-electron chi connectivity index (χ3n) is 2.44. The molecule has 0 fully saturated rings. The lowest BCUT2D eigenvalue weighted by Gasteiger charge is -2.10. The van der Waals surface area contributed by atoms with E-state index in [1.54, 1.807) is 26.0 Å². The molecule has 1 rings (SSSR count). The first-order valence-electron chi connectivity index (χ1n) is 5.02. The number of carboxylic acid groups (broad SMARTS) is 1. The van der Waals surface area contributed by atoms with Crippen LogP contribution in [0.5, 0.6) is 0 Å². The molecule has 1 aromatic rings. The molecule has 0 saturated carbocycles. The summed E-state index contributed by atoms with van der Waals surface area (Å²) in [5.74, 6) is -1.29. The van der Waals surface area contributed by atoms with E-state index in [9.17, 15) is 14.7 Å². The monoisotopic (exact) mass is 222 g/mol. The van der Waals surface area contributed by atoms with Crippen LogP contribution in [0.1, 0.15) is 40.9 Å². The van der Waals surface area contributed by atoms with Gasteiger partial charge in [-0.3, -0.25) is 4.79 Å². The topological polar surface area (TPSA) is 74.6 Å². The van der Waals surface area contributed by atoms with E-state index in [4.69, 9.17) is 5.11 Å². The molecule has 16 heavy (non-hydrogen) atoms. The molecule has 0 amide bonds. The molecule has 0 spiro atoms. The van der Waals surface area contributed by atoms with Crippen molar-refractivity contribution in [2.45, 2.75) is 26.4 Å². The lowest BCUT2D eigenvalue weighted by molar-refractivity contribution is -0.147. The minimum Gasteiger partial charge on any atom is -0.479 e. The molecule has 0 aliphatic rings. The van der Waals surface area contributed by atoms with E-state index in [1.165, 1.54) is 6.07 Å².